The highest BCUT2D eigenvalue weighted by Gasteiger charge is 2.42. The van der Waals surface area contributed by atoms with Crippen molar-refractivity contribution in [2.24, 2.45) is 11.8 Å². The second kappa shape index (κ2) is 8.30. The molecule has 1 aliphatic heterocycles. The molecule has 0 spiro atoms. The number of rotatable bonds is 6. The molecule has 1 saturated heterocycles. The number of hydrogen-bond acceptors (Lipinski definition) is 3. The molecule has 1 amide bonds. The van der Waals surface area contributed by atoms with Crippen LogP contribution < -0.4 is 5.32 Å². The highest BCUT2D eigenvalue weighted by molar-refractivity contribution is 7.99. The van der Waals surface area contributed by atoms with E-state index in [-0.39, 0.29) is 18.3 Å². The zero-order chi connectivity index (χ0) is 13.8. The molecule has 0 aromatic carbocycles. The number of halogens is 1. The molecule has 3 nitrogen and oxygen atoms in total. The van der Waals surface area contributed by atoms with Crippen LogP contribution in [-0.2, 0) is 4.79 Å². The third kappa shape index (κ3) is 4.97. The van der Waals surface area contributed by atoms with E-state index in [1.54, 1.807) is 11.8 Å². The standard InChI is InChI=1S/C15H26N2OS.ClH/c1-4-11(2)7-17-8-13(12-5-6-12)14(9-17)16-15(18)10-19-3;/h4,12-14H,5-10H2,1-3H3,(H,16,18);1H/t13-,14+;/m1./s1. The summed E-state index contributed by atoms with van der Waals surface area (Å²) < 4.78 is 0. The van der Waals surface area contributed by atoms with E-state index < -0.39 is 0 Å². The summed E-state index contributed by atoms with van der Waals surface area (Å²) in [6, 6.07) is 0.372. The van der Waals surface area contributed by atoms with Gasteiger partial charge >= 0.3 is 0 Å². The van der Waals surface area contributed by atoms with Gasteiger partial charge in [-0.05, 0) is 44.8 Å². The molecule has 0 radical (unpaired) electrons. The van der Waals surface area contributed by atoms with Crippen LogP contribution in [0.15, 0.2) is 11.6 Å². The zero-order valence-electron chi connectivity index (χ0n) is 12.7. The van der Waals surface area contributed by atoms with Crippen molar-refractivity contribution in [3.05, 3.63) is 11.6 Å². The molecular formula is C15H27ClN2OS. The van der Waals surface area contributed by atoms with E-state index in [0.717, 1.165) is 25.6 Å². The van der Waals surface area contributed by atoms with Gasteiger partial charge in [0.1, 0.15) is 0 Å². The average Bonchev–Trinajstić information content (AvgIpc) is 3.14. The molecule has 2 atom stereocenters. The summed E-state index contributed by atoms with van der Waals surface area (Å²) in [5.74, 6) is 2.32. The van der Waals surface area contributed by atoms with Gasteiger partial charge in [0.05, 0.1) is 5.75 Å². The topological polar surface area (TPSA) is 32.3 Å². The Labute approximate surface area is 133 Å². The van der Waals surface area contributed by atoms with Gasteiger partial charge in [0, 0.05) is 25.7 Å². The van der Waals surface area contributed by atoms with Crippen LogP contribution in [0.3, 0.4) is 0 Å². The van der Waals surface area contributed by atoms with Gasteiger partial charge in [-0.1, -0.05) is 11.6 Å². The Kier molecular flexibility index (Phi) is 7.41. The van der Waals surface area contributed by atoms with Gasteiger partial charge in [-0.3, -0.25) is 9.69 Å². The minimum absolute atomic E-state index is 0. The number of carbonyl (C=O) groups is 1. The number of carbonyl (C=O) groups excluding carboxylic acids is 1. The fourth-order valence-corrected chi connectivity index (χ4v) is 3.37. The fourth-order valence-electron chi connectivity index (χ4n) is 3.02. The van der Waals surface area contributed by atoms with Gasteiger partial charge in [0.25, 0.3) is 0 Å². The lowest BCUT2D eigenvalue weighted by molar-refractivity contribution is -0.119. The Balaban J connectivity index is 0.00000200. The number of hydrogen-bond donors (Lipinski definition) is 1. The first kappa shape index (κ1) is 17.9. The summed E-state index contributed by atoms with van der Waals surface area (Å²) in [4.78, 5) is 14.3. The second-order valence-corrected chi connectivity index (χ2v) is 6.80. The molecule has 2 aliphatic rings. The van der Waals surface area contributed by atoms with Crippen LogP contribution in [0.1, 0.15) is 26.7 Å². The van der Waals surface area contributed by atoms with Gasteiger partial charge in [-0.25, -0.2) is 0 Å². The summed E-state index contributed by atoms with van der Waals surface area (Å²) >= 11 is 1.60. The van der Waals surface area contributed by atoms with Crippen LogP contribution in [0, 0.1) is 11.8 Å². The molecule has 1 aliphatic carbocycles. The summed E-state index contributed by atoms with van der Waals surface area (Å²) in [7, 11) is 0. The monoisotopic (exact) mass is 318 g/mol. The maximum atomic E-state index is 11.8. The molecular weight excluding hydrogens is 292 g/mol. The van der Waals surface area contributed by atoms with E-state index in [0.29, 0.717) is 17.7 Å². The Hall–Kier alpha value is -0.190. The van der Waals surface area contributed by atoms with Gasteiger partial charge in [-0.15, -0.1) is 12.4 Å². The Morgan fingerprint density at radius 3 is 2.65 bits per heavy atom. The van der Waals surface area contributed by atoms with Crippen LogP contribution in [0.2, 0.25) is 0 Å². The Morgan fingerprint density at radius 2 is 2.10 bits per heavy atom. The van der Waals surface area contributed by atoms with E-state index in [1.165, 1.54) is 18.4 Å². The summed E-state index contributed by atoms with van der Waals surface area (Å²) in [6.45, 7) is 7.51. The van der Waals surface area contributed by atoms with Crippen LogP contribution >= 0.6 is 24.2 Å². The maximum absolute atomic E-state index is 11.8. The summed E-state index contributed by atoms with van der Waals surface area (Å²) in [5, 5.41) is 3.25. The van der Waals surface area contributed by atoms with Crippen molar-refractivity contribution in [1.82, 2.24) is 10.2 Å². The van der Waals surface area contributed by atoms with Gasteiger partial charge < -0.3 is 5.32 Å². The quantitative estimate of drug-likeness (QED) is 0.764. The molecule has 1 heterocycles. The molecule has 0 bridgehead atoms. The third-order valence-corrected chi connectivity index (χ3v) is 4.81. The molecule has 2 rings (SSSR count). The van der Waals surface area contributed by atoms with Gasteiger partial charge in [0.2, 0.25) is 5.91 Å². The van der Waals surface area contributed by atoms with Crippen molar-refractivity contribution in [2.75, 3.05) is 31.6 Å². The SMILES string of the molecule is CC=C(C)CN1C[C@H](NC(=O)CSC)[C@@H](C2CC2)C1.Cl. The van der Waals surface area contributed by atoms with Crippen molar-refractivity contribution >= 4 is 30.1 Å². The van der Waals surface area contributed by atoms with E-state index in [2.05, 4.69) is 30.1 Å². The van der Waals surface area contributed by atoms with Crippen molar-refractivity contribution in [3.8, 4) is 0 Å². The van der Waals surface area contributed by atoms with E-state index in [4.69, 9.17) is 0 Å². The molecule has 2 fully saturated rings. The predicted molar refractivity (Wildman–Crippen MR) is 89.6 cm³/mol. The van der Waals surface area contributed by atoms with Gasteiger partial charge in [0.15, 0.2) is 0 Å². The third-order valence-electron chi connectivity index (χ3n) is 4.26. The number of likely N-dealkylation sites (tertiary alicyclic amines) is 1. The average molecular weight is 319 g/mol. The first-order valence-corrected chi connectivity index (χ1v) is 8.66. The van der Waals surface area contributed by atoms with Crippen molar-refractivity contribution in [3.63, 3.8) is 0 Å². The van der Waals surface area contributed by atoms with Crippen molar-refractivity contribution in [2.45, 2.75) is 32.7 Å². The number of thioether (sulfide) groups is 1. The van der Waals surface area contributed by atoms with E-state index >= 15 is 0 Å². The number of allylic oxidation sites excluding steroid dienone is 1. The van der Waals surface area contributed by atoms with Crippen LogP contribution in [0.5, 0.6) is 0 Å². The molecule has 1 saturated carbocycles. The fraction of sp³-hybridized carbons (Fsp3) is 0.800. The highest BCUT2D eigenvalue weighted by Crippen LogP contribution is 2.41. The molecule has 1 N–H and O–H groups in total. The number of amides is 1. The van der Waals surface area contributed by atoms with Crippen molar-refractivity contribution < 1.29 is 4.79 Å². The molecule has 20 heavy (non-hydrogen) atoms. The van der Waals surface area contributed by atoms with Crippen molar-refractivity contribution in [1.29, 1.82) is 0 Å². The molecule has 0 aromatic heterocycles. The highest BCUT2D eigenvalue weighted by atomic mass is 35.5. The van der Waals surface area contributed by atoms with Crippen LogP contribution in [-0.4, -0.2) is 48.5 Å². The molecule has 5 heteroatoms. The maximum Gasteiger partial charge on any atom is 0.230 e. The van der Waals surface area contributed by atoms with Gasteiger partial charge in [-0.2, -0.15) is 11.8 Å². The minimum Gasteiger partial charge on any atom is -0.351 e. The number of nitrogens with zero attached hydrogens (tertiary/aromatic N) is 1. The first-order valence-electron chi connectivity index (χ1n) is 7.26. The van der Waals surface area contributed by atoms with E-state index in [9.17, 15) is 4.79 Å². The van der Waals surface area contributed by atoms with Crippen LogP contribution in [0.4, 0.5) is 0 Å². The number of nitrogens with one attached hydrogen (secondary N) is 1. The lowest BCUT2D eigenvalue weighted by Crippen LogP contribution is -2.42. The summed E-state index contributed by atoms with van der Waals surface area (Å²) in [5.41, 5.74) is 1.42. The second-order valence-electron chi connectivity index (χ2n) is 5.94. The predicted octanol–water partition coefficient (Wildman–Crippen LogP) is 2.56. The summed E-state index contributed by atoms with van der Waals surface area (Å²) in [6.07, 6.45) is 6.88. The molecule has 0 unspecified atom stereocenters. The van der Waals surface area contributed by atoms with E-state index in [1.807, 2.05) is 6.26 Å². The largest absolute Gasteiger partial charge is 0.351 e. The lowest BCUT2D eigenvalue weighted by Gasteiger charge is -2.19. The smallest absolute Gasteiger partial charge is 0.230 e. The zero-order valence-corrected chi connectivity index (χ0v) is 14.4. The molecule has 116 valence electrons. The lowest BCUT2D eigenvalue weighted by atomic mass is 9.98. The molecule has 0 aromatic rings. The first-order chi connectivity index (χ1) is 9.13. The normalized spacial score (nSPS) is 27.2. The Bertz CT molecular complexity index is 358. The Morgan fingerprint density at radius 1 is 1.40 bits per heavy atom. The van der Waals surface area contributed by atoms with Crippen LogP contribution in [0.25, 0.3) is 0 Å². The minimum atomic E-state index is 0.